The molecular weight excluding hydrogens is 373 g/mol. The van der Waals surface area contributed by atoms with E-state index in [2.05, 4.69) is 36.3 Å². The Kier molecular flexibility index (Phi) is 12.7. The van der Waals surface area contributed by atoms with Crippen LogP contribution in [-0.2, 0) is 0 Å². The second-order valence-corrected chi connectivity index (χ2v) is 6.45. The average Bonchev–Trinajstić information content (AvgIpc) is 2.61. The van der Waals surface area contributed by atoms with Gasteiger partial charge in [0, 0.05) is 18.2 Å². The number of carbonyl (C=O) groups is 1. The van der Waals surface area contributed by atoms with E-state index in [1.807, 2.05) is 24.3 Å². The molecule has 26 heavy (non-hydrogen) atoms. The van der Waals surface area contributed by atoms with Crippen molar-refractivity contribution in [3.05, 3.63) is 29.8 Å². The van der Waals surface area contributed by atoms with Crippen molar-refractivity contribution in [1.29, 1.82) is 0 Å². The number of amides is 1. The van der Waals surface area contributed by atoms with Gasteiger partial charge in [-0.2, -0.15) is 0 Å². The molecule has 1 heterocycles. The highest BCUT2D eigenvalue weighted by atomic mass is 35.5. The van der Waals surface area contributed by atoms with Crippen LogP contribution < -0.4 is 15.4 Å². The van der Waals surface area contributed by atoms with Crippen LogP contribution in [0.5, 0.6) is 5.75 Å². The molecule has 5 nitrogen and oxygen atoms in total. The molecule has 2 N–H and O–H groups in total. The first-order valence-electron chi connectivity index (χ1n) is 9.10. The molecular formula is C19H33Cl2N3O2. The third kappa shape index (κ3) is 7.70. The lowest BCUT2D eigenvalue weighted by Gasteiger charge is -2.30. The number of carbonyl (C=O) groups excluding carboxylic acids is 1. The first-order valence-corrected chi connectivity index (χ1v) is 9.10. The molecule has 1 amide bonds. The number of rotatable bonds is 8. The molecule has 0 aromatic heterocycles. The van der Waals surface area contributed by atoms with Crippen LogP contribution in [0.2, 0.25) is 0 Å². The van der Waals surface area contributed by atoms with Crippen LogP contribution in [0.4, 0.5) is 0 Å². The lowest BCUT2D eigenvalue weighted by Crippen LogP contribution is -2.48. The minimum Gasteiger partial charge on any atom is -0.492 e. The molecule has 0 aliphatic carbocycles. The van der Waals surface area contributed by atoms with Gasteiger partial charge in [0.2, 0.25) is 0 Å². The van der Waals surface area contributed by atoms with Crippen LogP contribution in [-0.4, -0.2) is 56.2 Å². The number of nitrogens with one attached hydrogen (secondary N) is 2. The van der Waals surface area contributed by atoms with Crippen molar-refractivity contribution in [2.75, 3.05) is 39.3 Å². The normalized spacial score (nSPS) is 19.2. The molecule has 1 fully saturated rings. The highest BCUT2D eigenvalue weighted by Gasteiger charge is 2.22. The predicted octanol–water partition coefficient (Wildman–Crippen LogP) is 2.98. The summed E-state index contributed by atoms with van der Waals surface area (Å²) in [7, 11) is 0. The molecule has 1 aromatic rings. The van der Waals surface area contributed by atoms with Gasteiger partial charge in [0.05, 0.1) is 0 Å². The monoisotopic (exact) mass is 405 g/mol. The largest absolute Gasteiger partial charge is 0.492 e. The van der Waals surface area contributed by atoms with Crippen LogP contribution in [0.15, 0.2) is 24.3 Å². The number of likely N-dealkylation sites (N-methyl/N-ethyl adjacent to an activating group) is 1. The van der Waals surface area contributed by atoms with Crippen LogP contribution in [0, 0.1) is 5.92 Å². The van der Waals surface area contributed by atoms with Gasteiger partial charge < -0.3 is 20.3 Å². The zero-order valence-electron chi connectivity index (χ0n) is 16.0. The molecule has 1 aromatic carbocycles. The van der Waals surface area contributed by atoms with E-state index >= 15 is 0 Å². The van der Waals surface area contributed by atoms with Gasteiger partial charge in [-0.1, -0.05) is 20.8 Å². The summed E-state index contributed by atoms with van der Waals surface area (Å²) in [5.41, 5.74) is 0.692. The van der Waals surface area contributed by atoms with Gasteiger partial charge in [-0.05, 0) is 62.8 Å². The number of ether oxygens (including phenoxy) is 1. The highest BCUT2D eigenvalue weighted by molar-refractivity contribution is 5.94. The standard InChI is InChI=1S/C19H31N3O2.2ClH/c1-4-22(5-2)12-13-24-17-8-6-16(7-9-17)19(23)21-18-10-11-20-14-15(18)3;;/h6-9,15,18,20H,4-5,10-14H2,1-3H3,(H,21,23);2*1H. The third-order valence-electron chi connectivity index (χ3n) is 4.79. The maximum absolute atomic E-state index is 12.4. The summed E-state index contributed by atoms with van der Waals surface area (Å²) < 4.78 is 5.76. The predicted molar refractivity (Wildman–Crippen MR) is 112 cm³/mol. The summed E-state index contributed by atoms with van der Waals surface area (Å²) in [6.45, 7) is 12.1. The molecule has 2 rings (SSSR count). The number of hydrogen-bond acceptors (Lipinski definition) is 4. The van der Waals surface area contributed by atoms with Gasteiger partial charge in [0.1, 0.15) is 12.4 Å². The summed E-state index contributed by atoms with van der Waals surface area (Å²) in [5.74, 6) is 1.28. The van der Waals surface area contributed by atoms with Crippen molar-refractivity contribution >= 4 is 30.7 Å². The van der Waals surface area contributed by atoms with Gasteiger partial charge in [0.15, 0.2) is 0 Å². The zero-order valence-corrected chi connectivity index (χ0v) is 17.6. The van der Waals surface area contributed by atoms with Crippen molar-refractivity contribution in [2.24, 2.45) is 5.92 Å². The van der Waals surface area contributed by atoms with Crippen molar-refractivity contribution in [2.45, 2.75) is 33.2 Å². The van der Waals surface area contributed by atoms with Gasteiger partial charge in [0.25, 0.3) is 5.91 Å². The van der Waals surface area contributed by atoms with E-state index in [1.54, 1.807) is 0 Å². The van der Waals surface area contributed by atoms with Gasteiger partial charge in [-0.3, -0.25) is 4.79 Å². The molecule has 2 atom stereocenters. The SMILES string of the molecule is CCN(CC)CCOc1ccc(C(=O)NC2CCNCC2C)cc1.Cl.Cl. The highest BCUT2D eigenvalue weighted by Crippen LogP contribution is 2.14. The fourth-order valence-corrected chi connectivity index (χ4v) is 3.02. The molecule has 0 saturated carbocycles. The number of piperidine rings is 1. The quantitative estimate of drug-likeness (QED) is 0.697. The van der Waals surface area contributed by atoms with E-state index in [1.165, 1.54) is 0 Å². The summed E-state index contributed by atoms with van der Waals surface area (Å²) in [6, 6.07) is 7.69. The Morgan fingerprint density at radius 2 is 1.88 bits per heavy atom. The minimum atomic E-state index is 0. The van der Waals surface area contributed by atoms with Gasteiger partial charge in [-0.15, -0.1) is 24.8 Å². The maximum atomic E-state index is 12.4. The molecule has 0 bridgehead atoms. The van der Waals surface area contributed by atoms with Crippen molar-refractivity contribution in [1.82, 2.24) is 15.5 Å². The fourth-order valence-electron chi connectivity index (χ4n) is 3.02. The topological polar surface area (TPSA) is 53.6 Å². The van der Waals surface area contributed by atoms with E-state index in [0.717, 1.165) is 44.9 Å². The van der Waals surface area contributed by atoms with Gasteiger partial charge in [-0.25, -0.2) is 0 Å². The van der Waals surface area contributed by atoms with Crippen LogP contribution in [0.3, 0.4) is 0 Å². The molecule has 0 radical (unpaired) electrons. The number of halogens is 2. The van der Waals surface area contributed by atoms with E-state index in [9.17, 15) is 4.79 Å². The Labute approximate surface area is 170 Å². The molecule has 1 aliphatic heterocycles. The Morgan fingerprint density at radius 1 is 1.23 bits per heavy atom. The van der Waals surface area contributed by atoms with E-state index in [0.29, 0.717) is 18.1 Å². The maximum Gasteiger partial charge on any atom is 0.251 e. The lowest BCUT2D eigenvalue weighted by atomic mass is 9.95. The number of benzene rings is 1. The summed E-state index contributed by atoms with van der Waals surface area (Å²) in [6.07, 6.45) is 0.986. The van der Waals surface area contributed by atoms with Crippen molar-refractivity contribution in [3.8, 4) is 5.75 Å². The fraction of sp³-hybridized carbons (Fsp3) is 0.632. The number of nitrogens with zero attached hydrogens (tertiary/aromatic N) is 1. The second kappa shape index (κ2) is 13.2. The first kappa shape index (κ1) is 25.0. The number of hydrogen-bond donors (Lipinski definition) is 2. The van der Waals surface area contributed by atoms with E-state index in [4.69, 9.17) is 4.74 Å². The van der Waals surface area contributed by atoms with Crippen LogP contribution in [0.1, 0.15) is 37.6 Å². The lowest BCUT2D eigenvalue weighted by molar-refractivity contribution is 0.0914. The molecule has 1 aliphatic rings. The van der Waals surface area contributed by atoms with Crippen LogP contribution >= 0.6 is 24.8 Å². The summed E-state index contributed by atoms with van der Waals surface area (Å²) >= 11 is 0. The molecule has 1 saturated heterocycles. The molecule has 2 unspecified atom stereocenters. The third-order valence-corrected chi connectivity index (χ3v) is 4.79. The minimum absolute atomic E-state index is 0. The van der Waals surface area contributed by atoms with Crippen molar-refractivity contribution < 1.29 is 9.53 Å². The van der Waals surface area contributed by atoms with E-state index in [-0.39, 0.29) is 36.8 Å². The van der Waals surface area contributed by atoms with E-state index < -0.39 is 0 Å². The first-order chi connectivity index (χ1) is 11.6. The Bertz CT molecular complexity index is 510. The summed E-state index contributed by atoms with van der Waals surface area (Å²) in [5, 5.41) is 6.50. The molecule has 7 heteroatoms. The average molecular weight is 406 g/mol. The van der Waals surface area contributed by atoms with Crippen molar-refractivity contribution in [3.63, 3.8) is 0 Å². The Morgan fingerprint density at radius 3 is 2.46 bits per heavy atom. The summed E-state index contributed by atoms with van der Waals surface area (Å²) in [4.78, 5) is 14.7. The van der Waals surface area contributed by atoms with Gasteiger partial charge >= 0.3 is 0 Å². The molecule has 0 spiro atoms. The second-order valence-electron chi connectivity index (χ2n) is 6.45. The zero-order chi connectivity index (χ0) is 17.4. The van der Waals surface area contributed by atoms with Crippen LogP contribution in [0.25, 0.3) is 0 Å². The Balaban J connectivity index is 0.00000312. The molecule has 150 valence electrons. The smallest absolute Gasteiger partial charge is 0.251 e. The Hall–Kier alpha value is -1.01.